The highest BCUT2D eigenvalue weighted by atomic mass is 35.5. The zero-order valence-corrected chi connectivity index (χ0v) is 15.1. The molecule has 0 unspecified atom stereocenters. The fourth-order valence-electron chi connectivity index (χ4n) is 1.65. The zero-order valence-electron chi connectivity index (χ0n) is 13.6. The molecule has 0 spiro atoms. The third kappa shape index (κ3) is 7.72. The minimum atomic E-state index is -1.10. The molecule has 0 aliphatic carbocycles. The maximum atomic E-state index is 11.0. The Bertz CT molecular complexity index is 839. The van der Waals surface area contributed by atoms with Crippen LogP contribution in [-0.4, -0.2) is 28.9 Å². The van der Waals surface area contributed by atoms with Crippen molar-refractivity contribution in [3.63, 3.8) is 0 Å². The molecule has 0 atom stereocenters. The molecule has 142 valence electrons. The summed E-state index contributed by atoms with van der Waals surface area (Å²) < 4.78 is 13.4. The molecule has 2 aromatic carbocycles. The predicted octanol–water partition coefficient (Wildman–Crippen LogP) is 4.54. The van der Waals surface area contributed by atoms with Gasteiger partial charge in [0.25, 0.3) is 0 Å². The highest BCUT2D eigenvalue weighted by molar-refractivity contribution is 6.61. The van der Waals surface area contributed by atoms with Crippen molar-refractivity contribution >= 4 is 45.7 Å². The molecule has 0 saturated carbocycles. The van der Waals surface area contributed by atoms with E-state index in [-0.39, 0.29) is 17.2 Å². The van der Waals surface area contributed by atoms with Gasteiger partial charge in [0, 0.05) is 29.3 Å². The summed E-state index contributed by atoms with van der Waals surface area (Å²) in [6, 6.07) is 11.3. The van der Waals surface area contributed by atoms with Gasteiger partial charge in [0.2, 0.25) is 5.75 Å². The third-order valence-corrected chi connectivity index (χ3v) is 2.88. The summed E-state index contributed by atoms with van der Waals surface area (Å²) in [5, 5.41) is 10.4. The number of nitrogens with zero attached hydrogens (tertiary/aromatic N) is 1. The van der Waals surface area contributed by atoms with Crippen molar-refractivity contribution in [2.75, 3.05) is 7.11 Å². The predicted molar refractivity (Wildman–Crippen MR) is 94.6 cm³/mol. The molecule has 0 aromatic heterocycles. The second-order valence-electron chi connectivity index (χ2n) is 4.42. The van der Waals surface area contributed by atoms with E-state index in [0.717, 1.165) is 0 Å². The number of halogens is 2. The smallest absolute Gasteiger partial charge is 0.409 e. The molecule has 2 rings (SSSR count). The molecule has 0 aliphatic heterocycles. The first-order valence-electron chi connectivity index (χ1n) is 6.91. The number of nitro benzene ring substituents is 1. The third-order valence-electron chi connectivity index (χ3n) is 2.73. The summed E-state index contributed by atoms with van der Waals surface area (Å²) >= 11 is 9.89. The summed E-state index contributed by atoms with van der Waals surface area (Å²) in [5.74, 6) is -0.334. The fraction of sp³-hybridized carbons (Fsp3) is 0.0625. The fourth-order valence-corrected chi connectivity index (χ4v) is 1.82. The number of carbonyl (C=O) groups is 3. The molecule has 0 saturated heterocycles. The Balaban J connectivity index is 0.000000271. The molecule has 9 nitrogen and oxygen atoms in total. The normalized spacial score (nSPS) is 9.30. The van der Waals surface area contributed by atoms with Crippen LogP contribution in [0.5, 0.6) is 11.5 Å². The Morgan fingerprint density at radius 3 is 1.96 bits per heavy atom. The average molecular weight is 416 g/mol. The van der Waals surface area contributed by atoms with Gasteiger partial charge in [-0.2, -0.15) is 0 Å². The van der Waals surface area contributed by atoms with Gasteiger partial charge in [0.15, 0.2) is 0 Å². The minimum Gasteiger partial charge on any atom is -0.465 e. The van der Waals surface area contributed by atoms with Gasteiger partial charge in [-0.1, -0.05) is 12.1 Å². The molecule has 2 aromatic rings. The van der Waals surface area contributed by atoms with Crippen LogP contribution < -0.4 is 9.47 Å². The van der Waals surface area contributed by atoms with Crippen LogP contribution in [-0.2, 0) is 4.74 Å². The highest BCUT2D eigenvalue weighted by Crippen LogP contribution is 2.26. The summed E-state index contributed by atoms with van der Waals surface area (Å²) in [5.41, 5.74) is -1.94. The topological polar surface area (TPSA) is 122 Å². The quantitative estimate of drug-likeness (QED) is 0.308. The molecule has 0 fully saturated rings. The van der Waals surface area contributed by atoms with E-state index < -0.39 is 21.7 Å². The van der Waals surface area contributed by atoms with Crippen molar-refractivity contribution in [2.24, 2.45) is 0 Å². The Labute approximate surface area is 162 Å². The second-order valence-corrected chi connectivity index (χ2v) is 5.04. The highest BCUT2D eigenvalue weighted by Gasteiger charge is 2.15. The molecule has 0 N–H and O–H groups in total. The monoisotopic (exact) mass is 415 g/mol. The van der Waals surface area contributed by atoms with Gasteiger partial charge in [0.1, 0.15) is 5.75 Å². The molecule has 0 radical (unpaired) electrons. The van der Waals surface area contributed by atoms with Gasteiger partial charge in [-0.05, 0) is 30.3 Å². The first kappa shape index (κ1) is 21.9. The summed E-state index contributed by atoms with van der Waals surface area (Å²) in [6.07, 6.45) is 0. The SMILES string of the molecule is COC(=O)c1ccc(OC(=O)Cl)cc1.O=C(Cl)Oc1ccccc1[N+](=O)[O-]. The standard InChI is InChI=1S/C9H7ClO4.C7H4ClNO4/c1-13-8(11)6-2-4-7(5-3-6)14-9(10)12;8-7(10)13-6-4-2-1-3-5(6)9(11)12/h2-5H,1H3;1-4H. The van der Waals surface area contributed by atoms with Gasteiger partial charge < -0.3 is 14.2 Å². The minimum absolute atomic E-state index is 0.160. The van der Waals surface area contributed by atoms with E-state index in [9.17, 15) is 24.5 Å². The van der Waals surface area contributed by atoms with Gasteiger partial charge >= 0.3 is 22.5 Å². The van der Waals surface area contributed by atoms with Crippen LogP contribution in [0.4, 0.5) is 15.3 Å². The van der Waals surface area contributed by atoms with E-state index in [4.69, 9.17) is 23.2 Å². The van der Waals surface area contributed by atoms with E-state index in [0.29, 0.717) is 5.56 Å². The van der Waals surface area contributed by atoms with E-state index in [2.05, 4.69) is 14.2 Å². The van der Waals surface area contributed by atoms with E-state index >= 15 is 0 Å². The van der Waals surface area contributed by atoms with Crippen LogP contribution in [0.1, 0.15) is 10.4 Å². The maximum Gasteiger partial charge on any atom is 0.409 e. The lowest BCUT2D eigenvalue weighted by molar-refractivity contribution is -0.385. The van der Waals surface area contributed by atoms with E-state index in [1.165, 1.54) is 55.6 Å². The number of ether oxygens (including phenoxy) is 3. The van der Waals surface area contributed by atoms with Gasteiger partial charge in [-0.3, -0.25) is 10.1 Å². The molecule has 0 heterocycles. The molecular weight excluding hydrogens is 405 g/mol. The van der Waals surface area contributed by atoms with Gasteiger partial charge in [0.05, 0.1) is 17.6 Å². The molecule has 27 heavy (non-hydrogen) atoms. The van der Waals surface area contributed by atoms with Crippen molar-refractivity contribution in [2.45, 2.75) is 0 Å². The van der Waals surface area contributed by atoms with Crippen LogP contribution in [0.3, 0.4) is 0 Å². The molecule has 0 aliphatic rings. The van der Waals surface area contributed by atoms with Crippen molar-refractivity contribution < 1.29 is 33.5 Å². The lowest BCUT2D eigenvalue weighted by Gasteiger charge is -2.01. The maximum absolute atomic E-state index is 11.0. The molecule has 11 heteroatoms. The first-order chi connectivity index (χ1) is 12.7. The Morgan fingerprint density at radius 1 is 0.926 bits per heavy atom. The first-order valence-corrected chi connectivity index (χ1v) is 7.66. The van der Waals surface area contributed by atoms with Crippen LogP contribution in [0.15, 0.2) is 48.5 Å². The van der Waals surface area contributed by atoms with Gasteiger partial charge in [-0.15, -0.1) is 0 Å². The zero-order chi connectivity index (χ0) is 20.4. The Morgan fingerprint density at radius 2 is 1.48 bits per heavy atom. The summed E-state index contributed by atoms with van der Waals surface area (Å²) in [7, 11) is 1.29. The van der Waals surface area contributed by atoms with Crippen LogP contribution >= 0.6 is 23.2 Å². The number of nitro groups is 1. The lowest BCUT2D eigenvalue weighted by atomic mass is 10.2. The Hall–Kier alpha value is -3.17. The number of hydrogen-bond donors (Lipinski definition) is 0. The molecule has 0 amide bonds. The number of rotatable bonds is 4. The van der Waals surface area contributed by atoms with Crippen LogP contribution in [0, 0.1) is 10.1 Å². The van der Waals surface area contributed by atoms with Gasteiger partial charge in [-0.25, -0.2) is 14.4 Å². The number of methoxy groups -OCH3 is 1. The number of para-hydroxylation sites is 2. The van der Waals surface area contributed by atoms with Crippen molar-refractivity contribution in [3.8, 4) is 11.5 Å². The largest absolute Gasteiger partial charge is 0.465 e. The van der Waals surface area contributed by atoms with Crippen molar-refractivity contribution in [1.29, 1.82) is 0 Å². The average Bonchev–Trinajstić information content (AvgIpc) is 2.61. The number of esters is 1. The molecule has 0 bridgehead atoms. The van der Waals surface area contributed by atoms with Crippen LogP contribution in [0.25, 0.3) is 0 Å². The summed E-state index contributed by atoms with van der Waals surface area (Å²) in [4.78, 5) is 41.4. The Kier molecular flexibility index (Phi) is 8.70. The van der Waals surface area contributed by atoms with E-state index in [1.807, 2.05) is 0 Å². The second kappa shape index (κ2) is 10.7. The lowest BCUT2D eigenvalue weighted by Crippen LogP contribution is -2.01. The summed E-state index contributed by atoms with van der Waals surface area (Å²) in [6.45, 7) is 0. The van der Waals surface area contributed by atoms with E-state index in [1.54, 1.807) is 0 Å². The van der Waals surface area contributed by atoms with Crippen LogP contribution in [0.2, 0.25) is 0 Å². The number of benzene rings is 2. The van der Waals surface area contributed by atoms with Crippen molar-refractivity contribution in [3.05, 3.63) is 64.2 Å². The molecular formula is C16H11Cl2NO8. The number of hydrogen-bond acceptors (Lipinski definition) is 8. The number of carbonyl (C=O) groups excluding carboxylic acids is 3. The van der Waals surface area contributed by atoms with Crippen molar-refractivity contribution in [1.82, 2.24) is 0 Å².